The molecular weight excluding hydrogens is 240 g/mol. The zero-order valence-corrected chi connectivity index (χ0v) is 11.5. The van der Waals surface area contributed by atoms with E-state index in [2.05, 4.69) is 36.3 Å². The molecule has 1 aromatic carbocycles. The summed E-state index contributed by atoms with van der Waals surface area (Å²) in [5.74, 6) is 4.41. The highest BCUT2D eigenvalue weighted by Crippen LogP contribution is 2.32. The number of terminal acetylenes is 1. The van der Waals surface area contributed by atoms with Crippen LogP contribution in [0, 0.1) is 12.3 Å². The van der Waals surface area contributed by atoms with Gasteiger partial charge in [-0.05, 0) is 24.8 Å². The molecular formula is C16H20OS. The Morgan fingerprint density at radius 3 is 2.78 bits per heavy atom. The van der Waals surface area contributed by atoms with Crippen molar-refractivity contribution in [2.75, 3.05) is 12.4 Å². The van der Waals surface area contributed by atoms with Gasteiger partial charge in [0.2, 0.25) is 0 Å². The van der Waals surface area contributed by atoms with Crippen molar-refractivity contribution in [3.05, 3.63) is 35.9 Å². The molecule has 2 rings (SSSR count). The first-order valence-corrected chi connectivity index (χ1v) is 7.66. The number of unbranched alkanes of at least 4 members (excludes halogenated alkanes) is 2. The second kappa shape index (κ2) is 7.51. The predicted molar refractivity (Wildman–Crippen MR) is 78.7 cm³/mol. The fourth-order valence-corrected chi connectivity index (χ4v) is 3.41. The van der Waals surface area contributed by atoms with Gasteiger partial charge in [-0.1, -0.05) is 30.3 Å². The van der Waals surface area contributed by atoms with Crippen molar-refractivity contribution < 1.29 is 4.74 Å². The third kappa shape index (κ3) is 4.08. The molecule has 0 N–H and O–H groups in total. The first-order chi connectivity index (χ1) is 8.90. The monoisotopic (exact) mass is 260 g/mol. The van der Waals surface area contributed by atoms with Gasteiger partial charge in [0.25, 0.3) is 0 Å². The molecule has 0 amide bonds. The van der Waals surface area contributed by atoms with Crippen LogP contribution in [0.1, 0.15) is 37.2 Å². The lowest BCUT2D eigenvalue weighted by Crippen LogP contribution is -2.23. The van der Waals surface area contributed by atoms with Crippen molar-refractivity contribution in [2.45, 2.75) is 37.0 Å². The Hall–Kier alpha value is -0.910. The largest absolute Gasteiger partial charge is 0.367 e. The molecule has 0 saturated carbocycles. The summed E-state index contributed by atoms with van der Waals surface area (Å²) in [6.45, 7) is 0.858. The Bertz CT molecular complexity index is 374. The molecule has 0 spiro atoms. The number of hydrogen-bond donors (Lipinski definition) is 0. The van der Waals surface area contributed by atoms with Crippen LogP contribution >= 0.6 is 11.8 Å². The van der Waals surface area contributed by atoms with Crippen molar-refractivity contribution in [3.8, 4) is 12.3 Å². The third-order valence-corrected chi connectivity index (χ3v) is 4.59. The van der Waals surface area contributed by atoms with Gasteiger partial charge in [0, 0.05) is 18.1 Å². The molecule has 1 nitrogen and oxygen atoms in total. The molecule has 2 heteroatoms. The van der Waals surface area contributed by atoms with Crippen LogP contribution in [0.3, 0.4) is 0 Å². The third-order valence-electron chi connectivity index (χ3n) is 3.25. The molecule has 1 heterocycles. The van der Waals surface area contributed by atoms with Crippen molar-refractivity contribution >= 4 is 11.8 Å². The molecule has 1 fully saturated rings. The topological polar surface area (TPSA) is 9.23 Å². The average molecular weight is 260 g/mol. The summed E-state index contributed by atoms with van der Waals surface area (Å²) in [5, 5.41) is 0. The minimum absolute atomic E-state index is 0.378. The fourth-order valence-electron chi connectivity index (χ4n) is 2.17. The molecule has 1 aromatic rings. The molecule has 2 unspecified atom stereocenters. The quantitative estimate of drug-likeness (QED) is 0.583. The Balaban J connectivity index is 1.70. The van der Waals surface area contributed by atoms with E-state index >= 15 is 0 Å². The van der Waals surface area contributed by atoms with Crippen molar-refractivity contribution in [1.29, 1.82) is 0 Å². The van der Waals surface area contributed by atoms with Crippen LogP contribution in [0.4, 0.5) is 0 Å². The van der Waals surface area contributed by atoms with Crippen molar-refractivity contribution in [3.63, 3.8) is 0 Å². The van der Waals surface area contributed by atoms with E-state index in [0.717, 1.165) is 25.9 Å². The highest BCUT2D eigenvalue weighted by molar-refractivity contribution is 7.99. The average Bonchev–Trinajstić information content (AvgIpc) is 2.45. The maximum atomic E-state index is 5.94. The molecule has 0 bridgehead atoms. The van der Waals surface area contributed by atoms with Crippen molar-refractivity contribution in [1.82, 2.24) is 0 Å². The fraction of sp³-hybridized carbons (Fsp3) is 0.500. The highest BCUT2D eigenvalue weighted by Gasteiger charge is 2.22. The number of ether oxygens (including phenoxy) is 1. The van der Waals surface area contributed by atoms with Crippen LogP contribution in [0.5, 0.6) is 0 Å². The normalized spacial score (nSPS) is 23.5. The summed E-state index contributed by atoms with van der Waals surface area (Å²) < 4.78 is 5.94. The minimum atomic E-state index is 0.378. The second-order valence-electron chi connectivity index (χ2n) is 4.65. The molecule has 1 aliphatic rings. The molecule has 2 atom stereocenters. The van der Waals surface area contributed by atoms with Gasteiger partial charge >= 0.3 is 0 Å². The number of thioether (sulfide) groups is 1. The summed E-state index contributed by atoms with van der Waals surface area (Å²) in [6.07, 6.45) is 9.57. The van der Waals surface area contributed by atoms with E-state index < -0.39 is 0 Å². The Labute approximate surface area is 114 Å². The zero-order valence-electron chi connectivity index (χ0n) is 10.7. The molecule has 0 aromatic heterocycles. The molecule has 18 heavy (non-hydrogen) atoms. The van der Waals surface area contributed by atoms with E-state index in [9.17, 15) is 0 Å². The number of hydrogen-bond acceptors (Lipinski definition) is 2. The molecule has 1 aliphatic heterocycles. The standard InChI is InChI=1S/C16H20OS/c1-2-3-4-8-11-16-17-12-15(13-18-16)14-9-6-5-7-10-14/h1,5-7,9-10,15-16H,3-4,8,11-13H2. The van der Waals surface area contributed by atoms with Crippen LogP contribution in [0.15, 0.2) is 30.3 Å². The van der Waals surface area contributed by atoms with E-state index in [4.69, 9.17) is 11.2 Å². The molecule has 1 saturated heterocycles. The highest BCUT2D eigenvalue weighted by atomic mass is 32.2. The van der Waals surface area contributed by atoms with Crippen LogP contribution in [-0.2, 0) is 4.74 Å². The lowest BCUT2D eigenvalue weighted by Gasteiger charge is -2.28. The van der Waals surface area contributed by atoms with Gasteiger partial charge in [0.1, 0.15) is 5.44 Å². The maximum absolute atomic E-state index is 5.94. The van der Waals surface area contributed by atoms with Gasteiger partial charge in [0.15, 0.2) is 0 Å². The Morgan fingerprint density at radius 2 is 2.11 bits per heavy atom. The summed E-state index contributed by atoms with van der Waals surface area (Å²) >= 11 is 1.95. The smallest absolute Gasteiger partial charge is 0.103 e. The lowest BCUT2D eigenvalue weighted by molar-refractivity contribution is 0.0879. The molecule has 0 aliphatic carbocycles. The zero-order chi connectivity index (χ0) is 12.6. The molecule has 96 valence electrons. The Morgan fingerprint density at radius 1 is 1.28 bits per heavy atom. The first-order valence-electron chi connectivity index (χ1n) is 6.62. The summed E-state index contributed by atoms with van der Waals surface area (Å²) in [4.78, 5) is 0. The van der Waals surface area contributed by atoms with E-state index in [1.54, 1.807) is 0 Å². The first kappa shape index (κ1) is 13.5. The van der Waals surface area contributed by atoms with Crippen LogP contribution < -0.4 is 0 Å². The number of rotatable bonds is 5. The van der Waals surface area contributed by atoms with Gasteiger partial charge < -0.3 is 4.74 Å². The SMILES string of the molecule is C#CCCCCC1OCC(c2ccccc2)CS1. The van der Waals surface area contributed by atoms with Gasteiger partial charge in [-0.2, -0.15) is 0 Å². The summed E-state index contributed by atoms with van der Waals surface area (Å²) in [6, 6.07) is 10.7. The minimum Gasteiger partial charge on any atom is -0.367 e. The van der Waals surface area contributed by atoms with Crippen molar-refractivity contribution in [2.24, 2.45) is 0 Å². The predicted octanol–water partition coefficient (Wildman–Crippen LogP) is 4.05. The van der Waals surface area contributed by atoms with E-state index in [0.29, 0.717) is 11.4 Å². The van der Waals surface area contributed by atoms with Gasteiger partial charge in [-0.3, -0.25) is 0 Å². The van der Waals surface area contributed by atoms with Crippen LogP contribution in [0.2, 0.25) is 0 Å². The lowest BCUT2D eigenvalue weighted by atomic mass is 10.0. The van der Waals surface area contributed by atoms with Crippen LogP contribution in [-0.4, -0.2) is 17.8 Å². The van der Waals surface area contributed by atoms with Gasteiger partial charge in [-0.25, -0.2) is 0 Å². The molecule has 0 radical (unpaired) electrons. The Kier molecular flexibility index (Phi) is 5.64. The van der Waals surface area contributed by atoms with Gasteiger partial charge in [-0.15, -0.1) is 24.1 Å². The van der Waals surface area contributed by atoms with E-state index in [1.807, 2.05) is 11.8 Å². The maximum Gasteiger partial charge on any atom is 0.103 e. The summed E-state index contributed by atoms with van der Waals surface area (Å²) in [5.41, 5.74) is 1.78. The van der Waals surface area contributed by atoms with E-state index in [-0.39, 0.29) is 0 Å². The van der Waals surface area contributed by atoms with Crippen LogP contribution in [0.25, 0.3) is 0 Å². The second-order valence-corrected chi connectivity index (χ2v) is 5.85. The summed E-state index contributed by atoms with van der Waals surface area (Å²) in [7, 11) is 0. The van der Waals surface area contributed by atoms with Gasteiger partial charge in [0.05, 0.1) is 6.61 Å². The van der Waals surface area contributed by atoms with E-state index in [1.165, 1.54) is 17.7 Å². The number of benzene rings is 1.